The molecule has 0 bridgehead atoms. The summed E-state index contributed by atoms with van der Waals surface area (Å²) in [5.74, 6) is -0.237. The van der Waals surface area contributed by atoms with Crippen molar-refractivity contribution in [3.8, 4) is 5.69 Å². The van der Waals surface area contributed by atoms with E-state index < -0.39 is 0 Å². The number of hydrogen-bond donors (Lipinski definition) is 1. The van der Waals surface area contributed by atoms with Crippen molar-refractivity contribution in [1.29, 1.82) is 0 Å². The van der Waals surface area contributed by atoms with Crippen LogP contribution in [0, 0.1) is 33.5 Å². The molecule has 0 amide bonds. The number of rotatable bonds is 4. The van der Waals surface area contributed by atoms with Gasteiger partial charge in [-0.05, 0) is 105 Å². The maximum Gasteiger partial charge on any atom is 0.174 e. The maximum absolute atomic E-state index is 14.1. The second kappa shape index (κ2) is 9.10. The average Bonchev–Trinajstić information content (AvgIpc) is 3.33. The molecule has 0 radical (unpaired) electrons. The summed E-state index contributed by atoms with van der Waals surface area (Å²) < 4.78 is 16.4. The van der Waals surface area contributed by atoms with Gasteiger partial charge in [-0.3, -0.25) is 4.98 Å². The molecule has 1 N–H and O–H groups in total. The molecule has 1 fully saturated rings. The van der Waals surface area contributed by atoms with E-state index in [1.807, 2.05) is 42.5 Å². The van der Waals surface area contributed by atoms with Crippen molar-refractivity contribution >= 4 is 34.6 Å². The Morgan fingerprint density at radius 3 is 2.49 bits per heavy atom. The Morgan fingerprint density at radius 1 is 0.971 bits per heavy atom. The summed E-state index contributed by atoms with van der Waals surface area (Å²) in [7, 11) is 0. The van der Waals surface area contributed by atoms with E-state index in [9.17, 15) is 4.39 Å². The van der Waals surface area contributed by atoms with E-state index in [-0.39, 0.29) is 17.9 Å². The zero-order chi connectivity index (χ0) is 24.9. The Bertz CT molecular complexity index is 1430. The highest BCUT2D eigenvalue weighted by Crippen LogP contribution is 2.44. The van der Waals surface area contributed by atoms with Gasteiger partial charge in [0.2, 0.25) is 0 Å². The minimum atomic E-state index is -0.237. The SMILES string of the molecule is Cc1cc(N2C(=S)NC(c3ccccn3)C2c2cc(C)n(-c3cc(Cl)ccc3C)c2C)ccc1F. The molecule has 2 aromatic carbocycles. The summed E-state index contributed by atoms with van der Waals surface area (Å²) in [4.78, 5) is 6.72. The van der Waals surface area contributed by atoms with Crippen LogP contribution in [0.2, 0.25) is 5.02 Å². The van der Waals surface area contributed by atoms with Crippen LogP contribution in [-0.2, 0) is 0 Å². The molecule has 2 aromatic heterocycles. The molecule has 0 spiro atoms. The summed E-state index contributed by atoms with van der Waals surface area (Å²) in [5.41, 5.74) is 7.79. The lowest BCUT2D eigenvalue weighted by Gasteiger charge is -2.28. The fraction of sp³-hybridized carbons (Fsp3) is 0.214. The summed E-state index contributed by atoms with van der Waals surface area (Å²) in [6.45, 7) is 8.07. The Kier molecular flexibility index (Phi) is 6.11. The van der Waals surface area contributed by atoms with Crippen molar-refractivity contribution in [2.45, 2.75) is 39.8 Å². The molecule has 1 aliphatic rings. The Balaban J connectivity index is 1.71. The Morgan fingerprint density at radius 2 is 1.77 bits per heavy atom. The summed E-state index contributed by atoms with van der Waals surface area (Å²) in [5, 5.41) is 4.76. The van der Waals surface area contributed by atoms with Gasteiger partial charge in [-0.2, -0.15) is 0 Å². The standard InChI is InChI=1S/C28H26ClFN4S/c1-16-8-9-20(29)15-25(16)33-18(3)14-22(19(33)4)27-26(24-7-5-6-12-31-24)32-28(35)34(27)21-10-11-23(30)17(2)13-21/h5-15,26-27H,1-4H3,(H,32,35). The third kappa shape index (κ3) is 4.11. The lowest BCUT2D eigenvalue weighted by Crippen LogP contribution is -2.29. The number of pyridine rings is 1. The van der Waals surface area contributed by atoms with E-state index in [0.717, 1.165) is 39.6 Å². The highest BCUT2D eigenvalue weighted by molar-refractivity contribution is 7.80. The molecule has 178 valence electrons. The van der Waals surface area contributed by atoms with Crippen LogP contribution in [0.4, 0.5) is 10.1 Å². The molecule has 7 heteroatoms. The number of thiocarbonyl (C=S) groups is 1. The minimum absolute atomic E-state index is 0.177. The van der Waals surface area contributed by atoms with Crippen molar-refractivity contribution in [1.82, 2.24) is 14.9 Å². The fourth-order valence-electron chi connectivity index (χ4n) is 5.01. The van der Waals surface area contributed by atoms with Crippen LogP contribution in [0.1, 0.15) is 45.9 Å². The van der Waals surface area contributed by atoms with Crippen LogP contribution >= 0.6 is 23.8 Å². The predicted octanol–water partition coefficient (Wildman–Crippen LogP) is 7.08. The molecule has 0 saturated carbocycles. The van der Waals surface area contributed by atoms with Crippen LogP contribution in [-0.4, -0.2) is 14.7 Å². The van der Waals surface area contributed by atoms with Gasteiger partial charge < -0.3 is 14.8 Å². The maximum atomic E-state index is 14.1. The average molecular weight is 505 g/mol. The third-order valence-electron chi connectivity index (χ3n) is 6.72. The Labute approximate surface area is 215 Å². The van der Waals surface area contributed by atoms with E-state index in [2.05, 4.69) is 46.6 Å². The van der Waals surface area contributed by atoms with Crippen molar-refractivity contribution < 1.29 is 4.39 Å². The molecule has 1 saturated heterocycles. The van der Waals surface area contributed by atoms with Crippen LogP contribution in [0.15, 0.2) is 66.9 Å². The van der Waals surface area contributed by atoms with Gasteiger partial charge >= 0.3 is 0 Å². The van der Waals surface area contributed by atoms with E-state index in [1.54, 1.807) is 19.2 Å². The van der Waals surface area contributed by atoms with E-state index in [0.29, 0.717) is 15.7 Å². The lowest BCUT2D eigenvalue weighted by atomic mass is 9.96. The number of nitrogens with zero attached hydrogens (tertiary/aromatic N) is 3. The number of nitrogens with one attached hydrogen (secondary N) is 1. The second-order valence-corrected chi connectivity index (χ2v) is 9.85. The van der Waals surface area contributed by atoms with Crippen molar-refractivity contribution in [3.63, 3.8) is 0 Å². The summed E-state index contributed by atoms with van der Waals surface area (Å²) >= 11 is 12.2. The zero-order valence-electron chi connectivity index (χ0n) is 20.0. The number of halogens is 2. The van der Waals surface area contributed by atoms with Gasteiger partial charge in [-0.1, -0.05) is 23.7 Å². The molecule has 35 heavy (non-hydrogen) atoms. The van der Waals surface area contributed by atoms with Gasteiger partial charge in [0.15, 0.2) is 5.11 Å². The molecule has 3 heterocycles. The Hall–Kier alpha value is -3.22. The molecule has 4 aromatic rings. The van der Waals surface area contributed by atoms with E-state index in [4.69, 9.17) is 23.8 Å². The normalized spacial score (nSPS) is 17.7. The number of hydrogen-bond acceptors (Lipinski definition) is 2. The third-order valence-corrected chi connectivity index (χ3v) is 7.27. The zero-order valence-corrected chi connectivity index (χ0v) is 21.6. The monoisotopic (exact) mass is 504 g/mol. The first kappa shape index (κ1) is 23.5. The van der Waals surface area contributed by atoms with E-state index >= 15 is 0 Å². The smallest absolute Gasteiger partial charge is 0.174 e. The van der Waals surface area contributed by atoms with Crippen LogP contribution in [0.25, 0.3) is 5.69 Å². The van der Waals surface area contributed by atoms with Gasteiger partial charge in [0.25, 0.3) is 0 Å². The first-order valence-corrected chi connectivity index (χ1v) is 12.3. The number of aromatic nitrogens is 2. The van der Waals surface area contributed by atoms with Crippen LogP contribution in [0.5, 0.6) is 0 Å². The van der Waals surface area contributed by atoms with Crippen molar-refractivity contribution in [2.75, 3.05) is 4.90 Å². The molecule has 4 nitrogen and oxygen atoms in total. The molecule has 5 rings (SSSR count). The van der Waals surface area contributed by atoms with Gasteiger partial charge in [0, 0.05) is 34.0 Å². The molecular weight excluding hydrogens is 479 g/mol. The molecule has 2 atom stereocenters. The van der Waals surface area contributed by atoms with Gasteiger partial charge in [0.05, 0.1) is 17.8 Å². The quantitative estimate of drug-likeness (QED) is 0.301. The van der Waals surface area contributed by atoms with Gasteiger partial charge in [-0.15, -0.1) is 0 Å². The highest BCUT2D eigenvalue weighted by atomic mass is 35.5. The fourth-order valence-corrected chi connectivity index (χ4v) is 5.52. The first-order valence-electron chi connectivity index (χ1n) is 11.5. The molecule has 0 aliphatic carbocycles. The number of aryl methyl sites for hydroxylation is 3. The first-order chi connectivity index (χ1) is 16.8. The molecular formula is C28H26ClFN4S. The molecule has 2 unspecified atom stereocenters. The van der Waals surface area contributed by atoms with Crippen molar-refractivity contribution in [3.05, 3.63) is 111 Å². The largest absolute Gasteiger partial charge is 0.351 e. The topological polar surface area (TPSA) is 33.1 Å². The van der Waals surface area contributed by atoms with Crippen LogP contribution in [0.3, 0.4) is 0 Å². The highest BCUT2D eigenvalue weighted by Gasteiger charge is 2.42. The van der Waals surface area contributed by atoms with Gasteiger partial charge in [-0.25, -0.2) is 4.39 Å². The summed E-state index contributed by atoms with van der Waals surface area (Å²) in [6, 6.07) is 18.8. The summed E-state index contributed by atoms with van der Waals surface area (Å²) in [6.07, 6.45) is 1.79. The predicted molar refractivity (Wildman–Crippen MR) is 144 cm³/mol. The minimum Gasteiger partial charge on any atom is -0.351 e. The second-order valence-electron chi connectivity index (χ2n) is 9.02. The van der Waals surface area contributed by atoms with Crippen molar-refractivity contribution in [2.24, 2.45) is 0 Å². The number of anilines is 1. The van der Waals surface area contributed by atoms with Crippen LogP contribution < -0.4 is 10.2 Å². The van der Waals surface area contributed by atoms with E-state index in [1.165, 1.54) is 6.07 Å². The number of benzene rings is 2. The van der Waals surface area contributed by atoms with Gasteiger partial charge in [0.1, 0.15) is 5.82 Å². The molecule has 1 aliphatic heterocycles. The lowest BCUT2D eigenvalue weighted by molar-refractivity contribution is 0.564.